The first-order valence-electron chi connectivity index (χ1n) is 7.74. The fraction of sp³-hybridized carbons (Fsp3) is 0.750. The number of aliphatic carboxylic acids is 1. The molecule has 3 aliphatic carbocycles. The number of hydrogen-bond acceptors (Lipinski definition) is 2. The van der Waals surface area contributed by atoms with Crippen LogP contribution in [0.3, 0.4) is 0 Å². The zero-order valence-corrected chi connectivity index (χ0v) is 11.9. The van der Waals surface area contributed by atoms with Crippen molar-refractivity contribution in [3.8, 4) is 0 Å². The maximum Gasteiger partial charge on any atom is 0.306 e. The molecule has 2 saturated carbocycles. The van der Waals surface area contributed by atoms with Gasteiger partial charge >= 0.3 is 5.97 Å². The van der Waals surface area contributed by atoms with Gasteiger partial charge in [-0.25, -0.2) is 0 Å². The van der Waals surface area contributed by atoms with Gasteiger partial charge in [0.05, 0.1) is 5.92 Å². The summed E-state index contributed by atoms with van der Waals surface area (Å²) in [5.41, 5.74) is 0. The Kier molecular flexibility index (Phi) is 3.57. The van der Waals surface area contributed by atoms with E-state index in [1.165, 1.54) is 0 Å². The Balaban J connectivity index is 1.54. The summed E-state index contributed by atoms with van der Waals surface area (Å²) in [7, 11) is 0. The Morgan fingerprint density at radius 2 is 1.90 bits per heavy atom. The van der Waals surface area contributed by atoms with Crippen molar-refractivity contribution in [3.05, 3.63) is 12.2 Å². The molecule has 0 saturated heterocycles. The van der Waals surface area contributed by atoms with E-state index < -0.39 is 5.97 Å². The quantitative estimate of drug-likeness (QED) is 0.777. The average molecular weight is 277 g/mol. The molecule has 0 aromatic heterocycles. The zero-order chi connectivity index (χ0) is 14.3. The van der Waals surface area contributed by atoms with Gasteiger partial charge in [-0.15, -0.1) is 0 Å². The number of carbonyl (C=O) groups excluding carboxylic acids is 1. The minimum absolute atomic E-state index is 0.0933. The topological polar surface area (TPSA) is 66.4 Å². The van der Waals surface area contributed by atoms with Gasteiger partial charge in [0.1, 0.15) is 0 Å². The highest BCUT2D eigenvalue weighted by molar-refractivity contribution is 5.80. The Morgan fingerprint density at radius 3 is 2.60 bits per heavy atom. The Labute approximate surface area is 119 Å². The third kappa shape index (κ3) is 2.36. The van der Waals surface area contributed by atoms with Crippen LogP contribution in [0.15, 0.2) is 12.2 Å². The molecule has 0 aliphatic heterocycles. The van der Waals surface area contributed by atoms with Gasteiger partial charge in [0, 0.05) is 12.0 Å². The van der Waals surface area contributed by atoms with Crippen molar-refractivity contribution in [2.24, 2.45) is 29.6 Å². The molecule has 4 heteroatoms. The van der Waals surface area contributed by atoms with Crippen LogP contribution in [0, 0.1) is 29.6 Å². The number of hydrogen-bond donors (Lipinski definition) is 2. The molecule has 1 unspecified atom stereocenters. The molecule has 0 aromatic carbocycles. The largest absolute Gasteiger partial charge is 0.481 e. The number of carboxylic acid groups (broad SMARTS) is 1. The van der Waals surface area contributed by atoms with Crippen LogP contribution < -0.4 is 5.32 Å². The first-order chi connectivity index (χ1) is 9.56. The lowest BCUT2D eigenvalue weighted by Gasteiger charge is -2.42. The fourth-order valence-electron chi connectivity index (χ4n) is 4.20. The predicted molar refractivity (Wildman–Crippen MR) is 74.9 cm³/mol. The SMILES string of the molecule is C[C@@H]1CC=CC[C@H]1C(=O)N[C@@H]1C[C@@H]2CC(C(=O)O)C[C@@H]21. The molecule has 0 aromatic rings. The standard InChI is InChI=1S/C16H23NO3/c1-9-4-2-3-5-12(9)15(18)17-14-8-10-6-11(16(19)20)7-13(10)14/h2-3,9-14H,4-8H2,1H3,(H,17,18)(H,19,20)/t9-,10+,11?,12-,13+,14-/m1/s1. The summed E-state index contributed by atoms with van der Waals surface area (Å²) in [6.07, 6.45) is 8.59. The van der Waals surface area contributed by atoms with Crippen LogP contribution in [0.1, 0.15) is 39.0 Å². The number of carboxylic acids is 1. The zero-order valence-electron chi connectivity index (χ0n) is 11.9. The molecule has 110 valence electrons. The molecule has 0 spiro atoms. The van der Waals surface area contributed by atoms with E-state index in [9.17, 15) is 9.59 Å². The minimum atomic E-state index is -0.671. The maximum absolute atomic E-state index is 12.4. The lowest BCUT2D eigenvalue weighted by molar-refractivity contribution is -0.141. The summed E-state index contributed by atoms with van der Waals surface area (Å²) in [6, 6.07) is 0.218. The van der Waals surface area contributed by atoms with Crippen molar-refractivity contribution in [2.45, 2.75) is 45.1 Å². The summed E-state index contributed by atoms with van der Waals surface area (Å²) >= 11 is 0. The number of carbonyl (C=O) groups is 2. The summed E-state index contributed by atoms with van der Waals surface area (Å²) < 4.78 is 0. The van der Waals surface area contributed by atoms with Crippen molar-refractivity contribution in [2.75, 3.05) is 0 Å². The smallest absolute Gasteiger partial charge is 0.306 e. The van der Waals surface area contributed by atoms with Crippen molar-refractivity contribution >= 4 is 11.9 Å². The summed E-state index contributed by atoms with van der Waals surface area (Å²) in [6.45, 7) is 2.13. The van der Waals surface area contributed by atoms with Crippen LogP contribution in [0.2, 0.25) is 0 Å². The Morgan fingerprint density at radius 1 is 1.15 bits per heavy atom. The number of nitrogens with one attached hydrogen (secondary N) is 1. The lowest BCUT2D eigenvalue weighted by atomic mass is 9.71. The number of fused-ring (bicyclic) bond motifs is 1. The predicted octanol–water partition coefficient (Wildman–Crippen LogP) is 2.20. The van der Waals surface area contributed by atoms with Gasteiger partial charge in [0.15, 0.2) is 0 Å². The highest BCUT2D eigenvalue weighted by Crippen LogP contribution is 2.49. The summed E-state index contributed by atoms with van der Waals surface area (Å²) in [5.74, 6) is 0.726. The molecule has 0 radical (unpaired) electrons. The van der Waals surface area contributed by atoms with Crippen molar-refractivity contribution < 1.29 is 14.7 Å². The fourth-order valence-corrected chi connectivity index (χ4v) is 4.20. The second-order valence-corrected chi connectivity index (χ2v) is 6.81. The Hall–Kier alpha value is -1.32. The van der Waals surface area contributed by atoms with Crippen molar-refractivity contribution in [3.63, 3.8) is 0 Å². The molecule has 2 N–H and O–H groups in total. The van der Waals surface area contributed by atoms with Gasteiger partial charge in [0.2, 0.25) is 5.91 Å². The molecule has 2 fully saturated rings. The molecule has 6 atom stereocenters. The third-order valence-electron chi connectivity index (χ3n) is 5.59. The first kappa shape index (κ1) is 13.7. The van der Waals surface area contributed by atoms with Crippen LogP contribution in [0.25, 0.3) is 0 Å². The van der Waals surface area contributed by atoms with Crippen LogP contribution in [0.4, 0.5) is 0 Å². The molecule has 0 bridgehead atoms. The monoisotopic (exact) mass is 277 g/mol. The highest BCUT2D eigenvalue weighted by Gasteiger charge is 2.50. The highest BCUT2D eigenvalue weighted by atomic mass is 16.4. The van der Waals surface area contributed by atoms with Crippen molar-refractivity contribution in [1.82, 2.24) is 5.32 Å². The molecule has 3 rings (SSSR count). The van der Waals surface area contributed by atoms with E-state index in [0.29, 0.717) is 17.8 Å². The van der Waals surface area contributed by atoms with Crippen molar-refractivity contribution in [1.29, 1.82) is 0 Å². The van der Waals surface area contributed by atoms with Crippen LogP contribution in [-0.2, 0) is 9.59 Å². The van der Waals surface area contributed by atoms with Crippen LogP contribution in [-0.4, -0.2) is 23.0 Å². The van der Waals surface area contributed by atoms with E-state index in [0.717, 1.165) is 32.1 Å². The number of rotatable bonds is 3. The van der Waals surface area contributed by atoms with E-state index in [1.54, 1.807) is 0 Å². The number of amides is 1. The molecule has 1 amide bonds. The van der Waals surface area contributed by atoms with E-state index in [1.807, 2.05) is 0 Å². The molecular formula is C16H23NO3. The second kappa shape index (κ2) is 5.23. The van der Waals surface area contributed by atoms with Crippen LogP contribution in [0.5, 0.6) is 0 Å². The Bertz CT molecular complexity index is 445. The first-order valence-corrected chi connectivity index (χ1v) is 7.74. The van der Waals surface area contributed by atoms with E-state index in [-0.39, 0.29) is 23.8 Å². The van der Waals surface area contributed by atoms with Gasteiger partial charge < -0.3 is 10.4 Å². The molecule has 3 aliphatic rings. The van der Waals surface area contributed by atoms with Gasteiger partial charge in [0.25, 0.3) is 0 Å². The van der Waals surface area contributed by atoms with E-state index in [4.69, 9.17) is 5.11 Å². The molecular weight excluding hydrogens is 254 g/mol. The second-order valence-electron chi connectivity index (χ2n) is 6.81. The lowest BCUT2D eigenvalue weighted by Crippen LogP contribution is -2.52. The minimum Gasteiger partial charge on any atom is -0.481 e. The summed E-state index contributed by atoms with van der Waals surface area (Å²) in [4.78, 5) is 23.4. The maximum atomic E-state index is 12.4. The van der Waals surface area contributed by atoms with Gasteiger partial charge in [-0.1, -0.05) is 19.1 Å². The number of allylic oxidation sites excluding steroid dienone is 2. The van der Waals surface area contributed by atoms with Gasteiger partial charge in [-0.3, -0.25) is 9.59 Å². The molecule has 4 nitrogen and oxygen atoms in total. The molecule has 0 heterocycles. The van der Waals surface area contributed by atoms with Gasteiger partial charge in [-0.05, 0) is 49.9 Å². The van der Waals surface area contributed by atoms with Crippen LogP contribution >= 0.6 is 0 Å². The van der Waals surface area contributed by atoms with E-state index >= 15 is 0 Å². The molecule has 20 heavy (non-hydrogen) atoms. The summed E-state index contributed by atoms with van der Waals surface area (Å²) in [5, 5.41) is 12.3. The average Bonchev–Trinajstić information content (AvgIpc) is 2.74. The van der Waals surface area contributed by atoms with Gasteiger partial charge in [-0.2, -0.15) is 0 Å². The normalized spacial score (nSPS) is 42.6. The van der Waals surface area contributed by atoms with E-state index in [2.05, 4.69) is 24.4 Å². The third-order valence-corrected chi connectivity index (χ3v) is 5.59.